The SMILES string of the molecule is CC12CCC(=O)C=C1CC[C@@H]1C2=CC[C@@]2(C)C1CC[C@@]21CCC(=O)O1.COC=O. The molecule has 1 saturated heterocycles. The number of esters is 1. The molecule has 0 aromatic rings. The number of fused-ring (bicyclic) bond motifs is 6. The quantitative estimate of drug-likeness (QED) is 0.373. The fourth-order valence-electron chi connectivity index (χ4n) is 7.14. The van der Waals surface area contributed by atoms with Gasteiger partial charge in [0.2, 0.25) is 0 Å². The summed E-state index contributed by atoms with van der Waals surface area (Å²) in [4.78, 5) is 32.8. The molecule has 1 aliphatic heterocycles. The number of carbonyl (C=O) groups excluding carboxylic acids is 3. The van der Waals surface area contributed by atoms with Crippen LogP contribution in [0.2, 0.25) is 0 Å². The van der Waals surface area contributed by atoms with Gasteiger partial charge in [-0.15, -0.1) is 0 Å². The van der Waals surface area contributed by atoms with Crippen molar-refractivity contribution in [3.8, 4) is 0 Å². The molecule has 0 N–H and O–H groups in total. The molecular weight excluding hydrogens is 368 g/mol. The second-order valence-electron chi connectivity index (χ2n) is 9.84. The first kappa shape index (κ1) is 20.4. The molecule has 5 nitrogen and oxygen atoms in total. The Labute approximate surface area is 172 Å². The van der Waals surface area contributed by atoms with Crippen LogP contribution in [-0.4, -0.2) is 30.9 Å². The average Bonchev–Trinajstić information content (AvgIpc) is 3.23. The van der Waals surface area contributed by atoms with E-state index in [1.165, 1.54) is 19.1 Å². The van der Waals surface area contributed by atoms with Gasteiger partial charge in [0.25, 0.3) is 6.47 Å². The van der Waals surface area contributed by atoms with Gasteiger partial charge in [-0.25, -0.2) is 0 Å². The Bertz CT molecular complexity index is 795. The maximum Gasteiger partial charge on any atom is 0.306 e. The lowest BCUT2D eigenvalue weighted by Crippen LogP contribution is -2.50. The molecule has 0 amide bonds. The summed E-state index contributed by atoms with van der Waals surface area (Å²) < 4.78 is 9.84. The summed E-state index contributed by atoms with van der Waals surface area (Å²) >= 11 is 0. The van der Waals surface area contributed by atoms with E-state index in [-0.39, 0.29) is 22.4 Å². The van der Waals surface area contributed by atoms with Gasteiger partial charge < -0.3 is 9.47 Å². The highest BCUT2D eigenvalue weighted by Gasteiger charge is 2.65. The molecule has 2 unspecified atom stereocenters. The zero-order valence-corrected chi connectivity index (χ0v) is 17.8. The Hall–Kier alpha value is -1.91. The third-order valence-corrected chi connectivity index (χ3v) is 8.77. The number of methoxy groups -OCH3 is 1. The van der Waals surface area contributed by atoms with E-state index in [1.54, 1.807) is 5.57 Å². The highest BCUT2D eigenvalue weighted by atomic mass is 16.6. The summed E-state index contributed by atoms with van der Waals surface area (Å²) in [5.41, 5.74) is 2.95. The van der Waals surface area contributed by atoms with Gasteiger partial charge in [0.15, 0.2) is 5.78 Å². The van der Waals surface area contributed by atoms with Gasteiger partial charge in [-0.2, -0.15) is 0 Å². The van der Waals surface area contributed by atoms with Crippen LogP contribution in [0.15, 0.2) is 23.3 Å². The van der Waals surface area contributed by atoms with Crippen molar-refractivity contribution < 1.29 is 23.9 Å². The molecule has 5 aliphatic rings. The lowest BCUT2D eigenvalue weighted by atomic mass is 9.50. The Morgan fingerprint density at radius 2 is 1.86 bits per heavy atom. The number of carbonyl (C=O) groups is 3. The Morgan fingerprint density at radius 1 is 1.10 bits per heavy atom. The predicted molar refractivity (Wildman–Crippen MR) is 108 cm³/mol. The van der Waals surface area contributed by atoms with Crippen molar-refractivity contribution in [1.29, 1.82) is 0 Å². The van der Waals surface area contributed by atoms with E-state index in [2.05, 4.69) is 24.7 Å². The van der Waals surface area contributed by atoms with Crippen LogP contribution in [0.25, 0.3) is 0 Å². The fraction of sp³-hybridized carbons (Fsp3) is 0.708. The minimum Gasteiger partial charge on any atom is -0.471 e. The summed E-state index contributed by atoms with van der Waals surface area (Å²) in [6.07, 6.45) is 13.1. The van der Waals surface area contributed by atoms with Gasteiger partial charge in [-0.3, -0.25) is 14.4 Å². The molecule has 5 rings (SSSR count). The van der Waals surface area contributed by atoms with Crippen molar-refractivity contribution >= 4 is 18.2 Å². The number of hydrogen-bond acceptors (Lipinski definition) is 5. The van der Waals surface area contributed by atoms with E-state index in [1.807, 2.05) is 6.08 Å². The highest BCUT2D eigenvalue weighted by Crippen LogP contribution is 2.67. The molecule has 2 saturated carbocycles. The van der Waals surface area contributed by atoms with Gasteiger partial charge in [-0.1, -0.05) is 31.1 Å². The number of ether oxygens (including phenoxy) is 2. The van der Waals surface area contributed by atoms with E-state index in [0.717, 1.165) is 38.5 Å². The maximum absolute atomic E-state index is 11.9. The van der Waals surface area contributed by atoms with Gasteiger partial charge >= 0.3 is 5.97 Å². The molecule has 4 aliphatic carbocycles. The van der Waals surface area contributed by atoms with Crippen molar-refractivity contribution in [3.05, 3.63) is 23.3 Å². The van der Waals surface area contributed by atoms with Crippen LogP contribution in [-0.2, 0) is 23.9 Å². The number of allylic oxidation sites excluding steroid dienone is 4. The summed E-state index contributed by atoms with van der Waals surface area (Å²) in [6.45, 7) is 5.13. The second kappa shape index (κ2) is 7.10. The zero-order valence-electron chi connectivity index (χ0n) is 17.8. The molecule has 0 radical (unpaired) electrons. The van der Waals surface area contributed by atoms with Crippen molar-refractivity contribution in [3.63, 3.8) is 0 Å². The van der Waals surface area contributed by atoms with Gasteiger partial charge in [0.1, 0.15) is 5.60 Å². The molecule has 5 atom stereocenters. The minimum absolute atomic E-state index is 0.00303. The van der Waals surface area contributed by atoms with Gasteiger partial charge in [-0.05, 0) is 62.9 Å². The number of hydrogen-bond donors (Lipinski definition) is 0. The summed E-state index contributed by atoms with van der Waals surface area (Å²) in [7, 11) is 1.31. The van der Waals surface area contributed by atoms with Crippen LogP contribution in [0, 0.1) is 22.7 Å². The van der Waals surface area contributed by atoms with Crippen molar-refractivity contribution in [1.82, 2.24) is 0 Å². The Kier molecular flexibility index (Phi) is 4.99. The monoisotopic (exact) mass is 400 g/mol. The first-order valence-corrected chi connectivity index (χ1v) is 10.9. The lowest BCUT2D eigenvalue weighted by molar-refractivity contribution is -0.160. The normalized spacial score (nSPS) is 42.4. The lowest BCUT2D eigenvalue weighted by Gasteiger charge is -2.54. The van der Waals surface area contributed by atoms with E-state index in [4.69, 9.17) is 9.53 Å². The van der Waals surface area contributed by atoms with Crippen molar-refractivity contribution in [2.45, 2.75) is 77.2 Å². The molecular formula is C24H32O5. The van der Waals surface area contributed by atoms with Crippen molar-refractivity contribution in [2.75, 3.05) is 7.11 Å². The maximum atomic E-state index is 11.9. The standard InChI is InChI=1S/C22H28O3.C2H4O2/c1-20-9-5-15(23)13-14(20)3-4-16-17(20)6-10-21(2)18(16)7-11-22(21)12-8-19(24)25-22;1-4-2-3/h6,13,16,18H,3-5,7-12H2,1-2H3;2H,1H3/t16-,18?,20?,21+,22-;/m1./s1. The zero-order chi connectivity index (χ0) is 20.9. The summed E-state index contributed by atoms with van der Waals surface area (Å²) in [5.74, 6) is 1.54. The fourth-order valence-corrected chi connectivity index (χ4v) is 7.14. The molecule has 0 aromatic heterocycles. The molecule has 0 bridgehead atoms. The molecule has 5 heteroatoms. The smallest absolute Gasteiger partial charge is 0.306 e. The number of rotatable bonds is 1. The largest absolute Gasteiger partial charge is 0.471 e. The molecule has 1 heterocycles. The second-order valence-corrected chi connectivity index (χ2v) is 9.84. The van der Waals surface area contributed by atoms with E-state index in [0.29, 0.717) is 36.9 Å². The molecule has 3 fully saturated rings. The van der Waals surface area contributed by atoms with Crippen LogP contribution in [0.1, 0.15) is 71.6 Å². The summed E-state index contributed by atoms with van der Waals surface area (Å²) in [6, 6.07) is 0. The van der Waals surface area contributed by atoms with E-state index in [9.17, 15) is 9.59 Å². The van der Waals surface area contributed by atoms with Crippen LogP contribution in [0.5, 0.6) is 0 Å². The first-order valence-electron chi connectivity index (χ1n) is 10.9. The summed E-state index contributed by atoms with van der Waals surface area (Å²) in [5, 5.41) is 0. The van der Waals surface area contributed by atoms with Crippen LogP contribution in [0.3, 0.4) is 0 Å². The topological polar surface area (TPSA) is 69.7 Å². The van der Waals surface area contributed by atoms with E-state index < -0.39 is 0 Å². The van der Waals surface area contributed by atoms with Crippen LogP contribution in [0.4, 0.5) is 0 Å². The minimum atomic E-state index is -0.212. The predicted octanol–water partition coefficient (Wildman–Crippen LogP) is 4.30. The molecule has 1 spiro atoms. The highest BCUT2D eigenvalue weighted by molar-refractivity contribution is 5.92. The van der Waals surface area contributed by atoms with E-state index >= 15 is 0 Å². The Morgan fingerprint density at radius 3 is 2.52 bits per heavy atom. The average molecular weight is 401 g/mol. The first-order chi connectivity index (χ1) is 13.8. The molecule has 29 heavy (non-hydrogen) atoms. The van der Waals surface area contributed by atoms with Gasteiger partial charge in [0.05, 0.1) is 7.11 Å². The number of ketones is 1. The third kappa shape index (κ3) is 2.91. The molecule has 0 aromatic carbocycles. The van der Waals surface area contributed by atoms with Crippen LogP contribution < -0.4 is 0 Å². The van der Waals surface area contributed by atoms with Crippen LogP contribution >= 0.6 is 0 Å². The Balaban J connectivity index is 0.000000472. The third-order valence-electron chi connectivity index (χ3n) is 8.77. The molecule has 158 valence electrons. The van der Waals surface area contributed by atoms with Crippen molar-refractivity contribution in [2.24, 2.45) is 22.7 Å². The van der Waals surface area contributed by atoms with Gasteiger partial charge in [0, 0.05) is 23.7 Å².